The Morgan fingerprint density at radius 3 is 2.64 bits per heavy atom. The summed E-state index contributed by atoms with van der Waals surface area (Å²) < 4.78 is 44.7. The van der Waals surface area contributed by atoms with Crippen molar-refractivity contribution in [1.29, 1.82) is 0 Å². The molecule has 0 bridgehead atoms. The van der Waals surface area contributed by atoms with E-state index in [-0.39, 0.29) is 29.7 Å². The van der Waals surface area contributed by atoms with Crippen molar-refractivity contribution >= 4 is 34.2 Å². The quantitative estimate of drug-likeness (QED) is 0.182. The van der Waals surface area contributed by atoms with Crippen LogP contribution in [0.2, 0.25) is 0 Å². The summed E-state index contributed by atoms with van der Waals surface area (Å²) >= 11 is 0. The number of carbonyl (C=O) groups excluding carboxylic acids is 1. The molecule has 6 rings (SSSR count). The molecule has 1 aromatic carbocycles. The Kier molecular flexibility index (Phi) is 8.40. The van der Waals surface area contributed by atoms with E-state index in [1.54, 1.807) is 37.1 Å². The molecule has 1 aliphatic rings. The van der Waals surface area contributed by atoms with E-state index in [9.17, 15) is 18.4 Å². The summed E-state index contributed by atoms with van der Waals surface area (Å²) in [5, 5.41) is 10.1. The summed E-state index contributed by atoms with van der Waals surface area (Å²) in [5.41, 5.74) is 8.47. The van der Waals surface area contributed by atoms with Crippen LogP contribution in [-0.4, -0.2) is 94.0 Å². The highest BCUT2D eigenvalue weighted by Crippen LogP contribution is 2.29. The second kappa shape index (κ2) is 12.6. The van der Waals surface area contributed by atoms with Crippen LogP contribution >= 0.6 is 0 Å². The topological polar surface area (TPSA) is 153 Å². The van der Waals surface area contributed by atoms with Gasteiger partial charge >= 0.3 is 5.69 Å². The fourth-order valence-electron chi connectivity index (χ4n) is 5.52. The number of anilines is 2. The van der Waals surface area contributed by atoms with E-state index < -0.39 is 17.5 Å². The summed E-state index contributed by atoms with van der Waals surface area (Å²) in [6.45, 7) is 3.59. The third-order valence-corrected chi connectivity index (χ3v) is 7.89. The van der Waals surface area contributed by atoms with Crippen molar-refractivity contribution < 1.29 is 22.7 Å². The number of ether oxygens (including phenoxy) is 1. The molecule has 5 heterocycles. The number of halogens is 2. The minimum Gasteiger partial charge on any atom is -0.481 e. The molecule has 0 saturated carbocycles. The lowest BCUT2D eigenvalue weighted by atomic mass is 10.2. The highest BCUT2D eigenvalue weighted by Gasteiger charge is 2.24. The molecule has 0 atom stereocenters. The van der Waals surface area contributed by atoms with Crippen LogP contribution in [0.3, 0.4) is 0 Å². The van der Waals surface area contributed by atoms with Gasteiger partial charge in [-0.25, -0.2) is 13.6 Å². The molecule has 5 aromatic rings. The van der Waals surface area contributed by atoms with Crippen molar-refractivity contribution in [2.24, 2.45) is 7.05 Å². The molecule has 4 N–H and O–H groups in total. The highest BCUT2D eigenvalue weighted by molar-refractivity contribution is 5.91. The number of piperazine rings is 1. The van der Waals surface area contributed by atoms with Gasteiger partial charge in [-0.2, -0.15) is 14.6 Å². The summed E-state index contributed by atoms with van der Waals surface area (Å²) in [4.78, 5) is 33.7. The lowest BCUT2D eigenvalue weighted by molar-refractivity contribution is -0.123. The van der Waals surface area contributed by atoms with Crippen molar-refractivity contribution in [2.45, 2.75) is 6.54 Å². The number of nitrogen functional groups attached to an aromatic ring is 1. The van der Waals surface area contributed by atoms with Crippen LogP contribution < -0.4 is 31.7 Å². The average Bonchev–Trinajstić information content (AvgIpc) is 3.76. The van der Waals surface area contributed by atoms with Gasteiger partial charge in [-0.1, -0.05) is 0 Å². The standard InChI is InChI=1S/C29H34F2N10O4/c1-33-5-6-34-25(42)17-45-24-16-21(18(30)14-19(24)31)39-10-7-38(8-11-39)9-12-40-27-26(37(2)29(40)43)22-15-20(23-4-3-13-44-23)36-41(22)28(32)35-27/h3-4,13-16,33H,5-12,17H2,1-2H3,(H2,32,35)(H,34,42). The largest absolute Gasteiger partial charge is 0.481 e. The zero-order valence-corrected chi connectivity index (χ0v) is 24.9. The molecule has 0 radical (unpaired) electrons. The zero-order chi connectivity index (χ0) is 31.7. The normalized spacial score (nSPS) is 14.1. The molecular weight excluding hydrogens is 590 g/mol. The van der Waals surface area contributed by atoms with E-state index >= 15 is 0 Å². The Bertz CT molecular complexity index is 1890. The molecule has 0 unspecified atom stereocenters. The first-order valence-corrected chi connectivity index (χ1v) is 14.5. The van der Waals surface area contributed by atoms with Crippen molar-refractivity contribution in [1.82, 2.24) is 39.3 Å². The number of hydrogen-bond acceptors (Lipinski definition) is 10. The number of nitrogens with two attached hydrogens (primary N) is 1. The molecule has 16 heteroatoms. The number of nitrogens with zero attached hydrogens (tertiary/aromatic N) is 7. The fourth-order valence-corrected chi connectivity index (χ4v) is 5.52. The number of nitrogens with one attached hydrogen (secondary N) is 2. The van der Waals surface area contributed by atoms with Crippen LogP contribution in [0.25, 0.3) is 28.1 Å². The number of likely N-dealkylation sites (N-methyl/N-ethyl adjacent to an activating group) is 1. The highest BCUT2D eigenvalue weighted by atomic mass is 19.1. The third-order valence-electron chi connectivity index (χ3n) is 7.89. The molecule has 1 amide bonds. The van der Waals surface area contributed by atoms with Gasteiger partial charge in [0.25, 0.3) is 5.91 Å². The van der Waals surface area contributed by atoms with Gasteiger partial charge in [0.1, 0.15) is 17.0 Å². The van der Waals surface area contributed by atoms with Crippen LogP contribution in [0.5, 0.6) is 5.75 Å². The van der Waals surface area contributed by atoms with Crippen LogP contribution in [0.1, 0.15) is 0 Å². The Morgan fingerprint density at radius 2 is 1.91 bits per heavy atom. The van der Waals surface area contributed by atoms with Crippen molar-refractivity contribution in [3.05, 3.63) is 58.7 Å². The minimum atomic E-state index is -0.877. The molecule has 1 aliphatic heterocycles. The SMILES string of the molecule is CNCCNC(=O)COc1cc(N2CCN(CCn3c(=O)n(C)c4c3nc(N)n3nc(-c5ccco5)cc43)CC2)c(F)cc1F. The summed E-state index contributed by atoms with van der Waals surface area (Å²) in [6, 6.07) is 7.44. The minimum absolute atomic E-state index is 0.141. The number of rotatable bonds is 11. The Hall–Kier alpha value is -4.96. The van der Waals surface area contributed by atoms with E-state index in [4.69, 9.17) is 14.9 Å². The number of benzene rings is 1. The van der Waals surface area contributed by atoms with Gasteiger partial charge in [-0.15, -0.1) is 0 Å². The molecule has 1 fully saturated rings. The van der Waals surface area contributed by atoms with E-state index in [0.29, 0.717) is 80.5 Å². The first kappa shape index (κ1) is 30.1. The zero-order valence-electron chi connectivity index (χ0n) is 24.9. The van der Waals surface area contributed by atoms with E-state index in [1.807, 2.05) is 11.0 Å². The number of amides is 1. The van der Waals surface area contributed by atoms with Crippen molar-refractivity contribution in [3.8, 4) is 17.2 Å². The molecule has 0 spiro atoms. The number of carbonyl (C=O) groups is 1. The van der Waals surface area contributed by atoms with Crippen LogP contribution in [0, 0.1) is 11.6 Å². The first-order chi connectivity index (χ1) is 21.7. The number of furan rings is 1. The predicted molar refractivity (Wildman–Crippen MR) is 163 cm³/mol. The molecular formula is C29H34F2N10O4. The number of fused-ring (bicyclic) bond motifs is 3. The molecule has 14 nitrogen and oxygen atoms in total. The van der Waals surface area contributed by atoms with E-state index in [2.05, 4.69) is 25.6 Å². The summed E-state index contributed by atoms with van der Waals surface area (Å²) in [7, 11) is 3.44. The average molecular weight is 625 g/mol. The lowest BCUT2D eigenvalue weighted by Crippen LogP contribution is -2.47. The fraction of sp³-hybridized carbons (Fsp3) is 0.379. The number of imidazole rings is 1. The lowest BCUT2D eigenvalue weighted by Gasteiger charge is -2.36. The molecule has 238 valence electrons. The number of hydrogen-bond donors (Lipinski definition) is 3. The smallest absolute Gasteiger partial charge is 0.330 e. The Balaban J connectivity index is 1.12. The van der Waals surface area contributed by atoms with Gasteiger partial charge in [0, 0.05) is 71.5 Å². The maximum Gasteiger partial charge on any atom is 0.330 e. The van der Waals surface area contributed by atoms with Gasteiger partial charge in [0.2, 0.25) is 5.95 Å². The van der Waals surface area contributed by atoms with Gasteiger partial charge in [0.15, 0.2) is 29.6 Å². The number of aryl methyl sites for hydroxylation is 1. The van der Waals surface area contributed by atoms with Gasteiger partial charge in [-0.3, -0.25) is 18.8 Å². The monoisotopic (exact) mass is 624 g/mol. The third kappa shape index (κ3) is 5.93. The van der Waals surface area contributed by atoms with Crippen molar-refractivity contribution in [2.75, 3.05) is 70.1 Å². The van der Waals surface area contributed by atoms with Gasteiger partial charge in [0.05, 0.1) is 17.5 Å². The van der Waals surface area contributed by atoms with Gasteiger partial charge in [-0.05, 0) is 25.2 Å². The second-order valence-electron chi connectivity index (χ2n) is 10.7. The van der Waals surface area contributed by atoms with Crippen LogP contribution in [0.15, 0.2) is 45.8 Å². The van der Waals surface area contributed by atoms with Gasteiger partial charge < -0.3 is 30.4 Å². The summed E-state index contributed by atoms with van der Waals surface area (Å²) in [6.07, 6.45) is 1.56. The first-order valence-electron chi connectivity index (χ1n) is 14.5. The van der Waals surface area contributed by atoms with Crippen LogP contribution in [-0.2, 0) is 18.4 Å². The maximum atomic E-state index is 14.8. The van der Waals surface area contributed by atoms with Crippen LogP contribution in [0.4, 0.5) is 20.4 Å². The molecule has 45 heavy (non-hydrogen) atoms. The Morgan fingerprint density at radius 1 is 1.11 bits per heavy atom. The number of aromatic nitrogens is 5. The molecule has 0 aliphatic carbocycles. The second-order valence-corrected chi connectivity index (χ2v) is 10.7. The van der Waals surface area contributed by atoms with Crippen molar-refractivity contribution in [3.63, 3.8) is 0 Å². The molecule has 4 aromatic heterocycles. The molecule has 1 saturated heterocycles. The van der Waals surface area contributed by atoms with E-state index in [1.165, 1.54) is 15.1 Å². The summed E-state index contributed by atoms with van der Waals surface area (Å²) in [5.74, 6) is -1.47. The maximum absolute atomic E-state index is 14.8. The predicted octanol–water partition coefficient (Wildman–Crippen LogP) is 1.04. The Labute approximate surface area is 255 Å². The van der Waals surface area contributed by atoms with E-state index in [0.717, 1.165) is 6.07 Å².